The zero-order valence-electron chi connectivity index (χ0n) is 16.0. The molecule has 6 nitrogen and oxygen atoms in total. The van der Waals surface area contributed by atoms with Crippen LogP contribution < -0.4 is 5.32 Å². The first-order valence-electron chi connectivity index (χ1n) is 9.91. The molecule has 2 fully saturated rings. The first-order valence-corrected chi connectivity index (χ1v) is 10.9. The van der Waals surface area contributed by atoms with E-state index < -0.39 is 0 Å². The second-order valence-corrected chi connectivity index (χ2v) is 8.82. The van der Waals surface area contributed by atoms with E-state index in [1.165, 1.54) is 24.6 Å². The predicted molar refractivity (Wildman–Crippen MR) is 106 cm³/mol. The van der Waals surface area contributed by atoms with Crippen LogP contribution in [0.2, 0.25) is 0 Å². The zero-order chi connectivity index (χ0) is 18.8. The molecule has 0 unspecified atom stereocenters. The summed E-state index contributed by atoms with van der Waals surface area (Å²) in [6.45, 7) is 4.54. The lowest BCUT2D eigenvalue weighted by Crippen LogP contribution is -2.44. The molecule has 2 saturated carbocycles. The second-order valence-electron chi connectivity index (χ2n) is 7.87. The molecule has 144 valence electrons. The molecule has 1 N–H and O–H groups in total. The quantitative estimate of drug-likeness (QED) is 0.768. The molecule has 0 saturated heterocycles. The van der Waals surface area contributed by atoms with Gasteiger partial charge in [0, 0.05) is 30.0 Å². The van der Waals surface area contributed by atoms with Crippen molar-refractivity contribution in [1.29, 1.82) is 0 Å². The number of thioether (sulfide) groups is 1. The number of carbonyl (C=O) groups excluding carboxylic acids is 1. The van der Waals surface area contributed by atoms with Crippen molar-refractivity contribution in [1.82, 2.24) is 25.1 Å². The minimum absolute atomic E-state index is 0.0989. The standard InChI is InChI=1S/C20H27N5OS/c1-13-4-3-5-17(14(13)2)22-18(26)12-27-20-24-23-19(25(20)16-6-7-16)15-8-10-21-11-9-15/h8-11,13-14,16-17H,3-7,12H2,1-2H3,(H,22,26)/t13-,14+,17+/m0/s1. The predicted octanol–water partition coefficient (Wildman–Crippen LogP) is 3.71. The molecule has 0 radical (unpaired) electrons. The fourth-order valence-corrected chi connectivity index (χ4v) is 4.72. The Balaban J connectivity index is 1.41. The van der Waals surface area contributed by atoms with Gasteiger partial charge in [0.25, 0.3) is 0 Å². The van der Waals surface area contributed by atoms with Gasteiger partial charge in [0.1, 0.15) is 0 Å². The fraction of sp³-hybridized carbons (Fsp3) is 0.600. The van der Waals surface area contributed by atoms with E-state index in [1.54, 1.807) is 12.4 Å². The van der Waals surface area contributed by atoms with Gasteiger partial charge in [0.2, 0.25) is 5.91 Å². The number of nitrogens with one attached hydrogen (secondary N) is 1. The summed E-state index contributed by atoms with van der Waals surface area (Å²) in [6, 6.07) is 4.66. The third-order valence-corrected chi connectivity index (χ3v) is 6.84. The minimum atomic E-state index is 0.0989. The Hall–Kier alpha value is -1.89. The number of carbonyl (C=O) groups is 1. The van der Waals surface area contributed by atoms with Gasteiger partial charge < -0.3 is 5.32 Å². The van der Waals surface area contributed by atoms with Crippen LogP contribution in [-0.2, 0) is 4.79 Å². The molecule has 3 atom stereocenters. The van der Waals surface area contributed by atoms with Gasteiger partial charge in [0.15, 0.2) is 11.0 Å². The summed E-state index contributed by atoms with van der Waals surface area (Å²) in [4.78, 5) is 16.6. The first kappa shape index (κ1) is 18.5. The minimum Gasteiger partial charge on any atom is -0.352 e. The van der Waals surface area contributed by atoms with Crippen LogP contribution in [0.1, 0.15) is 52.0 Å². The molecular weight excluding hydrogens is 358 g/mol. The third-order valence-electron chi connectivity index (χ3n) is 5.90. The van der Waals surface area contributed by atoms with Gasteiger partial charge in [-0.2, -0.15) is 0 Å². The SMILES string of the molecule is C[C@@H]1[C@@H](C)CCC[C@H]1NC(=O)CSc1nnc(-c2ccncc2)n1C1CC1. The van der Waals surface area contributed by atoms with E-state index >= 15 is 0 Å². The molecule has 2 aliphatic rings. The summed E-state index contributed by atoms with van der Waals surface area (Å²) < 4.78 is 2.19. The van der Waals surface area contributed by atoms with Gasteiger partial charge in [-0.25, -0.2) is 0 Å². The smallest absolute Gasteiger partial charge is 0.230 e. The maximum Gasteiger partial charge on any atom is 0.230 e. The van der Waals surface area contributed by atoms with Crippen LogP contribution in [-0.4, -0.2) is 37.5 Å². The van der Waals surface area contributed by atoms with E-state index in [0.29, 0.717) is 29.7 Å². The summed E-state index contributed by atoms with van der Waals surface area (Å²) in [5.41, 5.74) is 1.02. The van der Waals surface area contributed by atoms with E-state index in [9.17, 15) is 4.79 Å². The Morgan fingerprint density at radius 3 is 2.70 bits per heavy atom. The molecule has 0 aliphatic heterocycles. The molecule has 0 bridgehead atoms. The van der Waals surface area contributed by atoms with Crippen molar-refractivity contribution >= 4 is 17.7 Å². The number of nitrogens with zero attached hydrogens (tertiary/aromatic N) is 4. The number of pyridine rings is 1. The molecule has 0 aromatic carbocycles. The number of hydrogen-bond acceptors (Lipinski definition) is 5. The van der Waals surface area contributed by atoms with Crippen LogP contribution in [0.4, 0.5) is 0 Å². The van der Waals surface area contributed by atoms with Crippen LogP contribution in [0.3, 0.4) is 0 Å². The fourth-order valence-electron chi connectivity index (χ4n) is 3.90. The van der Waals surface area contributed by atoms with E-state index in [4.69, 9.17) is 0 Å². The molecule has 7 heteroatoms. The van der Waals surface area contributed by atoms with Gasteiger partial charge in [-0.3, -0.25) is 14.3 Å². The zero-order valence-corrected chi connectivity index (χ0v) is 16.8. The second kappa shape index (κ2) is 8.00. The number of rotatable bonds is 6. The highest BCUT2D eigenvalue weighted by Crippen LogP contribution is 2.41. The Labute approximate surface area is 164 Å². The summed E-state index contributed by atoms with van der Waals surface area (Å²) in [7, 11) is 0. The van der Waals surface area contributed by atoms with Crippen molar-refractivity contribution in [2.75, 3.05) is 5.75 Å². The van der Waals surface area contributed by atoms with Crippen LogP contribution in [0.25, 0.3) is 11.4 Å². The highest BCUT2D eigenvalue weighted by molar-refractivity contribution is 7.99. The third kappa shape index (κ3) is 4.18. The van der Waals surface area contributed by atoms with Gasteiger partial charge >= 0.3 is 0 Å². The summed E-state index contributed by atoms with van der Waals surface area (Å²) in [5, 5.41) is 12.9. The largest absolute Gasteiger partial charge is 0.352 e. The first-order chi connectivity index (χ1) is 13.1. The maximum absolute atomic E-state index is 12.5. The van der Waals surface area contributed by atoms with Crippen molar-refractivity contribution < 1.29 is 4.79 Å². The monoisotopic (exact) mass is 385 g/mol. The van der Waals surface area contributed by atoms with E-state index in [1.807, 2.05) is 12.1 Å². The van der Waals surface area contributed by atoms with Gasteiger partial charge in [-0.05, 0) is 43.2 Å². The number of aromatic nitrogens is 4. The molecular formula is C20H27N5OS. The Morgan fingerprint density at radius 2 is 1.96 bits per heavy atom. The molecule has 2 aromatic heterocycles. The van der Waals surface area contributed by atoms with Crippen molar-refractivity contribution in [2.24, 2.45) is 11.8 Å². The average molecular weight is 386 g/mol. The molecule has 27 heavy (non-hydrogen) atoms. The Kier molecular flexibility index (Phi) is 5.48. The lowest BCUT2D eigenvalue weighted by atomic mass is 9.78. The van der Waals surface area contributed by atoms with E-state index in [2.05, 4.69) is 38.9 Å². The topological polar surface area (TPSA) is 72.7 Å². The average Bonchev–Trinajstić information content (AvgIpc) is 3.43. The molecule has 2 aliphatic carbocycles. The van der Waals surface area contributed by atoms with Crippen molar-refractivity contribution in [3.63, 3.8) is 0 Å². The number of hydrogen-bond donors (Lipinski definition) is 1. The van der Waals surface area contributed by atoms with Crippen LogP contribution >= 0.6 is 11.8 Å². The van der Waals surface area contributed by atoms with Crippen molar-refractivity contribution in [3.05, 3.63) is 24.5 Å². The number of amides is 1. The van der Waals surface area contributed by atoms with Gasteiger partial charge in [-0.15, -0.1) is 10.2 Å². The summed E-state index contributed by atoms with van der Waals surface area (Å²) in [6.07, 6.45) is 9.40. The molecule has 4 rings (SSSR count). The highest BCUT2D eigenvalue weighted by Gasteiger charge is 2.31. The van der Waals surface area contributed by atoms with E-state index in [-0.39, 0.29) is 5.91 Å². The lowest BCUT2D eigenvalue weighted by Gasteiger charge is -2.34. The van der Waals surface area contributed by atoms with Gasteiger partial charge in [0.05, 0.1) is 5.75 Å². The molecule has 0 spiro atoms. The Bertz CT molecular complexity index is 789. The van der Waals surface area contributed by atoms with Crippen LogP contribution in [0.5, 0.6) is 0 Å². The van der Waals surface area contributed by atoms with Gasteiger partial charge in [-0.1, -0.05) is 38.5 Å². The van der Waals surface area contributed by atoms with Crippen molar-refractivity contribution in [3.8, 4) is 11.4 Å². The van der Waals surface area contributed by atoms with Crippen molar-refractivity contribution in [2.45, 2.75) is 63.2 Å². The van der Waals surface area contributed by atoms with Crippen LogP contribution in [0.15, 0.2) is 29.7 Å². The lowest BCUT2D eigenvalue weighted by molar-refractivity contribution is -0.120. The maximum atomic E-state index is 12.5. The molecule has 2 aromatic rings. The summed E-state index contributed by atoms with van der Waals surface area (Å²) >= 11 is 1.49. The summed E-state index contributed by atoms with van der Waals surface area (Å²) in [5.74, 6) is 2.58. The van der Waals surface area contributed by atoms with Crippen LogP contribution in [0, 0.1) is 11.8 Å². The Morgan fingerprint density at radius 1 is 1.19 bits per heavy atom. The molecule has 2 heterocycles. The van der Waals surface area contributed by atoms with E-state index in [0.717, 1.165) is 35.8 Å². The molecule has 1 amide bonds. The highest BCUT2D eigenvalue weighted by atomic mass is 32.2. The normalized spacial score (nSPS) is 25.3.